The van der Waals surface area contributed by atoms with E-state index in [0.717, 1.165) is 0 Å². The summed E-state index contributed by atoms with van der Waals surface area (Å²) in [6.45, 7) is 2.61. The molecule has 2 unspecified atom stereocenters. The van der Waals surface area contributed by atoms with E-state index in [1.807, 2.05) is 0 Å². The third-order valence-electron chi connectivity index (χ3n) is 3.12. The summed E-state index contributed by atoms with van der Waals surface area (Å²) in [5, 5.41) is 4.61. The molecule has 1 heterocycles. The van der Waals surface area contributed by atoms with Gasteiger partial charge in [-0.3, -0.25) is 4.79 Å². The van der Waals surface area contributed by atoms with Crippen molar-refractivity contribution in [1.82, 2.24) is 10.6 Å². The molecule has 0 aliphatic carbocycles. The Bertz CT molecular complexity index is 352. The standard InChI is InChI=1S/C11H17F3N2O3/c1-3-19-8(17)7(2)16-9(18)10(11(12,13)14)4-5-15-6-10/h7,15H,3-6H2,1-2H3,(H,16,18). The maximum absolute atomic E-state index is 13.0. The molecule has 0 aromatic carbocycles. The average molecular weight is 282 g/mol. The first kappa shape index (κ1) is 15.7. The number of rotatable bonds is 4. The molecule has 1 saturated heterocycles. The Labute approximate surface area is 108 Å². The van der Waals surface area contributed by atoms with Gasteiger partial charge in [-0.25, -0.2) is 4.79 Å². The van der Waals surface area contributed by atoms with Crippen LogP contribution in [0.4, 0.5) is 13.2 Å². The fourth-order valence-corrected chi connectivity index (χ4v) is 1.92. The summed E-state index contributed by atoms with van der Waals surface area (Å²) < 4.78 is 43.8. The van der Waals surface area contributed by atoms with Crippen LogP contribution in [-0.4, -0.2) is 43.8 Å². The van der Waals surface area contributed by atoms with Gasteiger partial charge in [-0.05, 0) is 26.8 Å². The number of halogens is 3. The van der Waals surface area contributed by atoms with Crippen LogP contribution < -0.4 is 10.6 Å². The van der Waals surface area contributed by atoms with Crippen molar-refractivity contribution in [1.29, 1.82) is 0 Å². The van der Waals surface area contributed by atoms with Gasteiger partial charge in [0, 0.05) is 6.54 Å². The van der Waals surface area contributed by atoms with Gasteiger partial charge >= 0.3 is 12.1 Å². The molecule has 0 saturated carbocycles. The van der Waals surface area contributed by atoms with Gasteiger partial charge < -0.3 is 15.4 Å². The highest BCUT2D eigenvalue weighted by molar-refractivity contribution is 5.88. The summed E-state index contributed by atoms with van der Waals surface area (Å²) in [5.41, 5.74) is -2.46. The lowest BCUT2D eigenvalue weighted by Gasteiger charge is -2.30. The first-order valence-electron chi connectivity index (χ1n) is 5.99. The van der Waals surface area contributed by atoms with Crippen LogP contribution in [-0.2, 0) is 14.3 Å². The van der Waals surface area contributed by atoms with Gasteiger partial charge in [0.2, 0.25) is 5.91 Å². The lowest BCUT2D eigenvalue weighted by molar-refractivity contribution is -0.216. The molecule has 1 rings (SSSR count). The second kappa shape index (κ2) is 5.77. The Morgan fingerprint density at radius 1 is 1.47 bits per heavy atom. The first-order chi connectivity index (χ1) is 8.74. The van der Waals surface area contributed by atoms with Gasteiger partial charge in [-0.15, -0.1) is 0 Å². The zero-order valence-electron chi connectivity index (χ0n) is 10.8. The van der Waals surface area contributed by atoms with E-state index >= 15 is 0 Å². The predicted molar refractivity (Wildman–Crippen MR) is 60.2 cm³/mol. The number of esters is 1. The van der Waals surface area contributed by atoms with Crippen molar-refractivity contribution in [2.45, 2.75) is 32.5 Å². The molecule has 0 bridgehead atoms. The molecule has 1 aliphatic heterocycles. The lowest BCUT2D eigenvalue weighted by Crippen LogP contribution is -2.55. The van der Waals surface area contributed by atoms with Crippen molar-refractivity contribution < 1.29 is 27.5 Å². The number of nitrogens with one attached hydrogen (secondary N) is 2. The molecule has 19 heavy (non-hydrogen) atoms. The van der Waals surface area contributed by atoms with E-state index in [1.165, 1.54) is 6.92 Å². The summed E-state index contributed by atoms with van der Waals surface area (Å²) in [4.78, 5) is 23.2. The predicted octanol–water partition coefficient (Wildman–Crippen LogP) is 0.596. The summed E-state index contributed by atoms with van der Waals surface area (Å²) in [6.07, 6.45) is -4.99. The SMILES string of the molecule is CCOC(=O)C(C)NC(=O)C1(C(F)(F)F)CCNC1. The summed E-state index contributed by atoms with van der Waals surface area (Å²) in [6, 6.07) is -1.10. The molecule has 2 N–H and O–H groups in total. The highest BCUT2D eigenvalue weighted by Gasteiger charge is 2.61. The minimum atomic E-state index is -4.66. The van der Waals surface area contributed by atoms with Gasteiger partial charge in [0.1, 0.15) is 6.04 Å². The number of alkyl halides is 3. The monoisotopic (exact) mass is 282 g/mol. The molecule has 8 heteroatoms. The molecule has 1 amide bonds. The third kappa shape index (κ3) is 3.17. The van der Waals surface area contributed by atoms with E-state index in [0.29, 0.717) is 0 Å². The molecule has 2 atom stereocenters. The molecule has 0 spiro atoms. The molecular formula is C11H17F3N2O3. The Balaban J connectivity index is 2.77. The van der Waals surface area contributed by atoms with E-state index in [4.69, 9.17) is 0 Å². The fraction of sp³-hybridized carbons (Fsp3) is 0.818. The number of amides is 1. The van der Waals surface area contributed by atoms with E-state index < -0.39 is 36.1 Å². The van der Waals surface area contributed by atoms with Crippen molar-refractivity contribution in [3.63, 3.8) is 0 Å². The summed E-state index contributed by atoms with van der Waals surface area (Å²) >= 11 is 0. The molecule has 110 valence electrons. The van der Waals surface area contributed by atoms with Crippen LogP contribution >= 0.6 is 0 Å². The van der Waals surface area contributed by atoms with Crippen molar-refractivity contribution in [2.75, 3.05) is 19.7 Å². The van der Waals surface area contributed by atoms with E-state index in [2.05, 4.69) is 15.4 Å². The van der Waals surface area contributed by atoms with Gasteiger partial charge in [0.15, 0.2) is 5.41 Å². The van der Waals surface area contributed by atoms with Crippen LogP contribution in [0, 0.1) is 5.41 Å². The van der Waals surface area contributed by atoms with Gasteiger partial charge in [0.05, 0.1) is 6.61 Å². The lowest BCUT2D eigenvalue weighted by atomic mass is 9.85. The van der Waals surface area contributed by atoms with Crippen LogP contribution in [0.5, 0.6) is 0 Å². The van der Waals surface area contributed by atoms with Crippen LogP contribution in [0.3, 0.4) is 0 Å². The Kier molecular flexibility index (Phi) is 4.78. The summed E-state index contributed by atoms with van der Waals surface area (Å²) in [5.74, 6) is -1.94. The second-order valence-corrected chi connectivity index (χ2v) is 4.45. The van der Waals surface area contributed by atoms with E-state index in [9.17, 15) is 22.8 Å². The van der Waals surface area contributed by atoms with Crippen LogP contribution in [0.1, 0.15) is 20.3 Å². The van der Waals surface area contributed by atoms with Crippen molar-refractivity contribution in [3.05, 3.63) is 0 Å². The van der Waals surface area contributed by atoms with E-state index in [-0.39, 0.29) is 19.6 Å². The number of ether oxygens (including phenoxy) is 1. The highest BCUT2D eigenvalue weighted by Crippen LogP contribution is 2.43. The quantitative estimate of drug-likeness (QED) is 0.741. The van der Waals surface area contributed by atoms with Crippen molar-refractivity contribution in [3.8, 4) is 0 Å². The molecule has 5 nitrogen and oxygen atoms in total. The fourth-order valence-electron chi connectivity index (χ4n) is 1.92. The zero-order valence-corrected chi connectivity index (χ0v) is 10.8. The smallest absolute Gasteiger partial charge is 0.404 e. The largest absolute Gasteiger partial charge is 0.464 e. The van der Waals surface area contributed by atoms with Gasteiger partial charge in [-0.2, -0.15) is 13.2 Å². The summed E-state index contributed by atoms with van der Waals surface area (Å²) in [7, 11) is 0. The number of hydrogen-bond acceptors (Lipinski definition) is 4. The van der Waals surface area contributed by atoms with Gasteiger partial charge in [-0.1, -0.05) is 0 Å². The molecular weight excluding hydrogens is 265 g/mol. The van der Waals surface area contributed by atoms with Crippen LogP contribution in [0.25, 0.3) is 0 Å². The normalized spacial score (nSPS) is 24.9. The Morgan fingerprint density at radius 3 is 2.53 bits per heavy atom. The number of carbonyl (C=O) groups is 2. The van der Waals surface area contributed by atoms with E-state index in [1.54, 1.807) is 6.92 Å². The molecule has 1 aliphatic rings. The van der Waals surface area contributed by atoms with Gasteiger partial charge in [0.25, 0.3) is 0 Å². The highest BCUT2D eigenvalue weighted by atomic mass is 19.4. The molecule has 0 aromatic heterocycles. The van der Waals surface area contributed by atoms with Crippen LogP contribution in [0.15, 0.2) is 0 Å². The minimum Gasteiger partial charge on any atom is -0.464 e. The topological polar surface area (TPSA) is 67.4 Å². The number of hydrogen-bond donors (Lipinski definition) is 2. The second-order valence-electron chi connectivity index (χ2n) is 4.45. The zero-order chi connectivity index (χ0) is 14.7. The first-order valence-corrected chi connectivity index (χ1v) is 5.99. The molecule has 0 aromatic rings. The minimum absolute atomic E-state index is 0.102. The molecule has 1 fully saturated rings. The number of carbonyl (C=O) groups excluding carboxylic acids is 2. The van der Waals surface area contributed by atoms with Crippen molar-refractivity contribution in [2.24, 2.45) is 5.41 Å². The Hall–Kier alpha value is -1.31. The maximum atomic E-state index is 13.0. The maximum Gasteiger partial charge on any atom is 0.404 e. The average Bonchev–Trinajstić information content (AvgIpc) is 2.78. The third-order valence-corrected chi connectivity index (χ3v) is 3.12. The Morgan fingerprint density at radius 2 is 2.11 bits per heavy atom. The molecule has 0 radical (unpaired) electrons. The van der Waals surface area contributed by atoms with Crippen LogP contribution in [0.2, 0.25) is 0 Å². The van der Waals surface area contributed by atoms with Crippen molar-refractivity contribution >= 4 is 11.9 Å².